The Balaban J connectivity index is 3.07. The molecule has 0 aliphatic carbocycles. The Morgan fingerprint density at radius 1 is 1.44 bits per heavy atom. The van der Waals surface area contributed by atoms with E-state index in [2.05, 4.69) is 4.74 Å². The molecule has 1 aromatic rings. The van der Waals surface area contributed by atoms with Crippen molar-refractivity contribution < 1.29 is 22.8 Å². The van der Waals surface area contributed by atoms with Crippen LogP contribution >= 0.6 is 0 Å². The van der Waals surface area contributed by atoms with Crippen molar-refractivity contribution in [2.75, 3.05) is 5.43 Å². The van der Waals surface area contributed by atoms with Gasteiger partial charge in [-0.1, -0.05) is 0 Å². The van der Waals surface area contributed by atoms with Gasteiger partial charge in [0.15, 0.2) is 0 Å². The van der Waals surface area contributed by atoms with Gasteiger partial charge in [0.2, 0.25) is 0 Å². The molecule has 0 spiro atoms. The molecule has 0 aliphatic heterocycles. The molecule has 0 saturated heterocycles. The Morgan fingerprint density at radius 3 is 2.50 bits per heavy atom. The zero-order valence-corrected chi connectivity index (χ0v) is 7.62. The van der Waals surface area contributed by atoms with Crippen LogP contribution in [0, 0.1) is 10.1 Å². The summed E-state index contributed by atoms with van der Waals surface area (Å²) in [7, 11) is 0. The van der Waals surface area contributed by atoms with Crippen molar-refractivity contribution in [3.05, 3.63) is 28.3 Å². The number of nitrogens with zero attached hydrogens (tertiary/aromatic N) is 1. The molecular weight excluding hydrogens is 231 g/mol. The third kappa shape index (κ3) is 2.98. The maximum Gasteiger partial charge on any atom is 0.573 e. The van der Waals surface area contributed by atoms with Crippen molar-refractivity contribution in [2.45, 2.75) is 6.36 Å². The fourth-order valence-electron chi connectivity index (χ4n) is 0.982. The summed E-state index contributed by atoms with van der Waals surface area (Å²) in [4.78, 5) is 9.60. The lowest BCUT2D eigenvalue weighted by Crippen LogP contribution is -2.17. The van der Waals surface area contributed by atoms with E-state index in [4.69, 9.17) is 5.84 Å². The second kappa shape index (κ2) is 4.23. The van der Waals surface area contributed by atoms with Crippen LogP contribution in [0.3, 0.4) is 0 Å². The van der Waals surface area contributed by atoms with Crippen molar-refractivity contribution in [1.82, 2.24) is 0 Å². The number of anilines is 1. The molecule has 0 aliphatic rings. The lowest BCUT2D eigenvalue weighted by atomic mass is 10.2. The standard InChI is InChI=1S/C7H6F3N3O3/c8-7(9,10)16-4-1-2-5(12-11)6(3-4)13(14)15/h1-3,12H,11H2. The number of nitro groups is 1. The van der Waals surface area contributed by atoms with Gasteiger partial charge in [-0.3, -0.25) is 16.0 Å². The first-order valence-corrected chi connectivity index (χ1v) is 3.84. The number of nitrogens with two attached hydrogens (primary N) is 1. The largest absolute Gasteiger partial charge is 0.573 e. The Hall–Kier alpha value is -2.03. The van der Waals surface area contributed by atoms with Gasteiger partial charge >= 0.3 is 6.36 Å². The zero-order valence-electron chi connectivity index (χ0n) is 7.62. The predicted molar refractivity (Wildman–Crippen MR) is 47.6 cm³/mol. The van der Waals surface area contributed by atoms with Crippen LogP contribution in [0.4, 0.5) is 24.5 Å². The van der Waals surface area contributed by atoms with E-state index in [0.29, 0.717) is 6.07 Å². The number of hydrogen-bond donors (Lipinski definition) is 2. The van der Waals surface area contributed by atoms with E-state index in [0.717, 1.165) is 12.1 Å². The molecule has 0 amide bonds. The number of nitrogens with one attached hydrogen (secondary N) is 1. The first-order chi connectivity index (χ1) is 7.33. The van der Waals surface area contributed by atoms with Crippen LogP contribution in [0.5, 0.6) is 5.75 Å². The SMILES string of the molecule is NNc1ccc(OC(F)(F)F)cc1[N+](=O)[O-]. The number of halogens is 3. The summed E-state index contributed by atoms with van der Waals surface area (Å²) in [5.74, 6) is 4.27. The molecule has 0 saturated carbocycles. The lowest BCUT2D eigenvalue weighted by molar-refractivity contribution is -0.384. The summed E-state index contributed by atoms with van der Waals surface area (Å²) in [6, 6.07) is 2.55. The average molecular weight is 237 g/mol. The number of ether oxygens (including phenoxy) is 1. The van der Waals surface area contributed by atoms with Gasteiger partial charge in [0.25, 0.3) is 5.69 Å². The van der Waals surface area contributed by atoms with Crippen molar-refractivity contribution in [2.24, 2.45) is 5.84 Å². The van der Waals surface area contributed by atoms with E-state index >= 15 is 0 Å². The number of benzene rings is 1. The molecule has 88 valence electrons. The van der Waals surface area contributed by atoms with E-state index < -0.39 is 22.7 Å². The Labute approximate surface area is 86.9 Å². The van der Waals surface area contributed by atoms with Gasteiger partial charge < -0.3 is 10.2 Å². The molecule has 16 heavy (non-hydrogen) atoms. The van der Waals surface area contributed by atoms with Crippen LogP contribution in [0.2, 0.25) is 0 Å². The second-order valence-corrected chi connectivity index (χ2v) is 2.63. The molecule has 0 radical (unpaired) electrons. The monoisotopic (exact) mass is 237 g/mol. The zero-order chi connectivity index (χ0) is 12.3. The molecule has 0 heterocycles. The summed E-state index contributed by atoms with van der Waals surface area (Å²) < 4.78 is 39.0. The highest BCUT2D eigenvalue weighted by molar-refractivity contribution is 5.63. The van der Waals surface area contributed by atoms with Crippen LogP contribution in [0.1, 0.15) is 0 Å². The Kier molecular flexibility index (Phi) is 3.18. The first kappa shape index (κ1) is 12.0. The molecular formula is C7H6F3N3O3. The van der Waals surface area contributed by atoms with Crippen LogP contribution in [-0.4, -0.2) is 11.3 Å². The molecule has 0 bridgehead atoms. The summed E-state index contributed by atoms with van der Waals surface area (Å²) in [5.41, 5.74) is 1.27. The normalized spacial score (nSPS) is 11.0. The average Bonchev–Trinajstić information content (AvgIpc) is 2.15. The van der Waals surface area contributed by atoms with Gasteiger partial charge in [-0.05, 0) is 12.1 Å². The maximum atomic E-state index is 11.8. The topological polar surface area (TPSA) is 90.4 Å². The van der Waals surface area contributed by atoms with E-state index in [-0.39, 0.29) is 5.69 Å². The third-order valence-electron chi connectivity index (χ3n) is 1.55. The molecule has 6 nitrogen and oxygen atoms in total. The Morgan fingerprint density at radius 2 is 2.06 bits per heavy atom. The van der Waals surface area contributed by atoms with E-state index in [1.165, 1.54) is 0 Å². The number of rotatable bonds is 3. The van der Waals surface area contributed by atoms with E-state index in [1.807, 2.05) is 5.43 Å². The maximum absolute atomic E-state index is 11.8. The van der Waals surface area contributed by atoms with Gasteiger partial charge in [-0.15, -0.1) is 13.2 Å². The van der Waals surface area contributed by atoms with Crippen LogP contribution in [0.25, 0.3) is 0 Å². The molecule has 1 rings (SSSR count). The number of nitrogen functional groups attached to an aromatic ring is 1. The smallest absolute Gasteiger partial charge is 0.406 e. The van der Waals surface area contributed by atoms with E-state index in [1.54, 1.807) is 0 Å². The fourth-order valence-corrected chi connectivity index (χ4v) is 0.982. The third-order valence-corrected chi connectivity index (χ3v) is 1.55. The number of alkyl halides is 3. The molecule has 0 fully saturated rings. The highest BCUT2D eigenvalue weighted by atomic mass is 19.4. The minimum Gasteiger partial charge on any atom is -0.406 e. The number of nitro benzene ring substituents is 1. The van der Waals surface area contributed by atoms with Crippen molar-refractivity contribution in [3.63, 3.8) is 0 Å². The fraction of sp³-hybridized carbons (Fsp3) is 0.143. The molecule has 0 atom stereocenters. The van der Waals surface area contributed by atoms with Gasteiger partial charge in [-0.2, -0.15) is 0 Å². The van der Waals surface area contributed by atoms with Crippen molar-refractivity contribution in [1.29, 1.82) is 0 Å². The van der Waals surface area contributed by atoms with Crippen LogP contribution in [0.15, 0.2) is 18.2 Å². The highest BCUT2D eigenvalue weighted by Crippen LogP contribution is 2.31. The van der Waals surface area contributed by atoms with Crippen LogP contribution < -0.4 is 16.0 Å². The Bertz CT molecular complexity index is 408. The molecule has 0 aromatic heterocycles. The molecule has 0 unspecified atom stereocenters. The second-order valence-electron chi connectivity index (χ2n) is 2.63. The van der Waals surface area contributed by atoms with Gasteiger partial charge in [0, 0.05) is 0 Å². The summed E-state index contributed by atoms with van der Waals surface area (Å²) in [6.07, 6.45) is -4.90. The number of hydrogen-bond acceptors (Lipinski definition) is 5. The minimum atomic E-state index is -4.90. The minimum absolute atomic E-state index is 0.112. The van der Waals surface area contributed by atoms with Crippen molar-refractivity contribution >= 4 is 11.4 Å². The number of hydrazine groups is 1. The molecule has 3 N–H and O–H groups in total. The lowest BCUT2D eigenvalue weighted by Gasteiger charge is -2.09. The summed E-state index contributed by atoms with van der Waals surface area (Å²) in [5, 5.41) is 10.5. The van der Waals surface area contributed by atoms with Gasteiger partial charge in [0.05, 0.1) is 11.0 Å². The van der Waals surface area contributed by atoms with Crippen LogP contribution in [-0.2, 0) is 0 Å². The predicted octanol–water partition coefficient (Wildman–Crippen LogP) is 1.78. The van der Waals surface area contributed by atoms with Gasteiger partial charge in [0.1, 0.15) is 11.4 Å². The van der Waals surface area contributed by atoms with E-state index in [9.17, 15) is 23.3 Å². The summed E-state index contributed by atoms with van der Waals surface area (Å²) >= 11 is 0. The quantitative estimate of drug-likeness (QED) is 0.475. The van der Waals surface area contributed by atoms with Crippen molar-refractivity contribution in [3.8, 4) is 5.75 Å². The van der Waals surface area contributed by atoms with Gasteiger partial charge in [-0.25, -0.2) is 0 Å². The highest BCUT2D eigenvalue weighted by Gasteiger charge is 2.32. The summed E-state index contributed by atoms with van der Waals surface area (Å²) in [6.45, 7) is 0. The molecule has 9 heteroatoms. The molecule has 1 aromatic carbocycles. The first-order valence-electron chi connectivity index (χ1n) is 3.84.